The molecule has 0 amide bonds. The predicted octanol–water partition coefficient (Wildman–Crippen LogP) is 2.64. The molecular formula is C12H12BN. The van der Waals surface area contributed by atoms with Crippen LogP contribution in [0.4, 0.5) is 0 Å². The van der Waals surface area contributed by atoms with E-state index in [9.17, 15) is 0 Å². The molecule has 0 aliphatic carbocycles. The molecule has 0 saturated heterocycles. The number of aromatic nitrogens is 1. The molecule has 0 aliphatic heterocycles. The van der Waals surface area contributed by atoms with Gasteiger partial charge in [-0.1, -0.05) is 32.0 Å². The largest absolute Gasteiger partial charge is 0.256 e. The fourth-order valence-electron chi connectivity index (χ4n) is 1.42. The zero-order valence-corrected chi connectivity index (χ0v) is 8.49. The molecule has 2 heteroatoms. The third kappa shape index (κ3) is 1.65. The lowest BCUT2D eigenvalue weighted by Crippen LogP contribution is -2.16. The quantitative estimate of drug-likeness (QED) is 0.616. The van der Waals surface area contributed by atoms with E-state index in [0.29, 0.717) is 0 Å². The molecule has 0 fully saturated rings. The number of rotatable bonds is 1. The minimum absolute atomic E-state index is 0.322. The van der Waals surface area contributed by atoms with Gasteiger partial charge < -0.3 is 0 Å². The van der Waals surface area contributed by atoms with Crippen LogP contribution < -0.4 is 0 Å². The Morgan fingerprint density at radius 3 is 2.64 bits per heavy atom. The van der Waals surface area contributed by atoms with E-state index >= 15 is 0 Å². The minimum Gasteiger partial charge on any atom is -0.256 e. The van der Waals surface area contributed by atoms with Crippen LogP contribution in [0, 0.1) is 0 Å². The van der Waals surface area contributed by atoms with E-state index < -0.39 is 0 Å². The molecule has 14 heavy (non-hydrogen) atoms. The molecule has 1 heterocycles. The first-order chi connectivity index (χ1) is 6.57. The van der Waals surface area contributed by atoms with E-state index in [1.807, 2.05) is 38.2 Å². The maximum absolute atomic E-state index is 6.01. The standard InChI is InChI=1S/C12H12BN/c1-12(2,13)10-7-9-5-3-4-6-11(9)14-8-10/h3-8H,1-2H3. The number of para-hydroxylation sites is 1. The molecule has 2 radical (unpaired) electrons. The van der Waals surface area contributed by atoms with E-state index in [-0.39, 0.29) is 5.31 Å². The third-order valence-corrected chi connectivity index (χ3v) is 2.33. The van der Waals surface area contributed by atoms with Gasteiger partial charge in [0, 0.05) is 11.6 Å². The Labute approximate surface area is 85.6 Å². The molecule has 1 aromatic carbocycles. The van der Waals surface area contributed by atoms with Gasteiger partial charge in [0.25, 0.3) is 0 Å². The molecule has 2 aromatic rings. The minimum atomic E-state index is -0.322. The van der Waals surface area contributed by atoms with Crippen LogP contribution in [0.15, 0.2) is 36.5 Å². The Morgan fingerprint density at radius 1 is 1.21 bits per heavy atom. The fraction of sp³-hybridized carbons (Fsp3) is 0.250. The monoisotopic (exact) mass is 181 g/mol. The molecule has 1 aromatic heterocycles. The summed E-state index contributed by atoms with van der Waals surface area (Å²) < 4.78 is 0. The summed E-state index contributed by atoms with van der Waals surface area (Å²) in [4.78, 5) is 4.37. The average molecular weight is 181 g/mol. The molecule has 0 saturated carbocycles. The van der Waals surface area contributed by atoms with Crippen LogP contribution in [0.25, 0.3) is 10.9 Å². The average Bonchev–Trinajstić information content (AvgIpc) is 2.16. The van der Waals surface area contributed by atoms with E-state index in [0.717, 1.165) is 16.5 Å². The number of benzene rings is 1. The van der Waals surface area contributed by atoms with Crippen LogP contribution in [0.3, 0.4) is 0 Å². The Balaban J connectivity index is 2.63. The van der Waals surface area contributed by atoms with Crippen molar-refractivity contribution in [2.24, 2.45) is 0 Å². The maximum atomic E-state index is 6.01. The SMILES string of the molecule is [B]C(C)(C)c1cnc2ccccc2c1. The zero-order valence-electron chi connectivity index (χ0n) is 8.49. The smallest absolute Gasteiger partial charge is 0.0803 e. The summed E-state index contributed by atoms with van der Waals surface area (Å²) in [6, 6.07) is 10.2. The first-order valence-electron chi connectivity index (χ1n) is 4.71. The summed E-state index contributed by atoms with van der Waals surface area (Å²) >= 11 is 0. The van der Waals surface area contributed by atoms with Gasteiger partial charge in [0.05, 0.1) is 13.4 Å². The second-order valence-electron chi connectivity index (χ2n) is 4.14. The van der Waals surface area contributed by atoms with Gasteiger partial charge in [0.1, 0.15) is 0 Å². The number of pyridine rings is 1. The van der Waals surface area contributed by atoms with Crippen molar-refractivity contribution in [2.45, 2.75) is 19.2 Å². The van der Waals surface area contributed by atoms with Gasteiger partial charge in [-0.15, -0.1) is 0 Å². The van der Waals surface area contributed by atoms with Gasteiger partial charge in [0.2, 0.25) is 0 Å². The molecule has 0 aliphatic rings. The van der Waals surface area contributed by atoms with Crippen LogP contribution in [-0.4, -0.2) is 12.8 Å². The first kappa shape index (κ1) is 9.26. The van der Waals surface area contributed by atoms with Crippen LogP contribution >= 0.6 is 0 Å². The molecule has 0 spiro atoms. The van der Waals surface area contributed by atoms with Crippen molar-refractivity contribution in [3.05, 3.63) is 42.1 Å². The number of hydrogen-bond donors (Lipinski definition) is 0. The Bertz CT molecular complexity index is 457. The molecule has 0 atom stereocenters. The third-order valence-electron chi connectivity index (χ3n) is 2.33. The summed E-state index contributed by atoms with van der Waals surface area (Å²) in [7, 11) is 6.01. The zero-order chi connectivity index (χ0) is 10.2. The molecule has 68 valence electrons. The van der Waals surface area contributed by atoms with E-state index in [1.165, 1.54) is 0 Å². The molecule has 0 N–H and O–H groups in total. The lowest BCUT2D eigenvalue weighted by Gasteiger charge is -2.19. The van der Waals surface area contributed by atoms with Crippen molar-refractivity contribution >= 4 is 18.7 Å². The van der Waals surface area contributed by atoms with Crippen LogP contribution in [0.1, 0.15) is 19.4 Å². The van der Waals surface area contributed by atoms with Gasteiger partial charge >= 0.3 is 0 Å². The van der Waals surface area contributed by atoms with E-state index in [4.69, 9.17) is 7.85 Å². The van der Waals surface area contributed by atoms with Gasteiger partial charge in [-0.2, -0.15) is 0 Å². The lowest BCUT2D eigenvalue weighted by atomic mass is 9.68. The van der Waals surface area contributed by atoms with Gasteiger partial charge in [0.15, 0.2) is 0 Å². The van der Waals surface area contributed by atoms with Crippen molar-refractivity contribution in [3.8, 4) is 0 Å². The van der Waals surface area contributed by atoms with Gasteiger partial charge in [-0.3, -0.25) is 4.98 Å². The van der Waals surface area contributed by atoms with Crippen molar-refractivity contribution in [1.29, 1.82) is 0 Å². The van der Waals surface area contributed by atoms with Crippen LogP contribution in [0.5, 0.6) is 0 Å². The molecule has 2 rings (SSSR count). The van der Waals surface area contributed by atoms with Crippen LogP contribution in [0.2, 0.25) is 0 Å². The van der Waals surface area contributed by atoms with Crippen molar-refractivity contribution in [3.63, 3.8) is 0 Å². The Morgan fingerprint density at radius 2 is 1.93 bits per heavy atom. The molecular weight excluding hydrogens is 169 g/mol. The fourth-order valence-corrected chi connectivity index (χ4v) is 1.42. The highest BCUT2D eigenvalue weighted by Gasteiger charge is 2.13. The molecule has 1 nitrogen and oxygen atoms in total. The van der Waals surface area contributed by atoms with Gasteiger partial charge in [-0.25, -0.2) is 0 Å². The maximum Gasteiger partial charge on any atom is 0.0803 e. The van der Waals surface area contributed by atoms with Crippen molar-refractivity contribution in [2.75, 3.05) is 0 Å². The molecule has 0 unspecified atom stereocenters. The number of fused-ring (bicyclic) bond motifs is 1. The van der Waals surface area contributed by atoms with E-state index in [1.54, 1.807) is 0 Å². The summed E-state index contributed by atoms with van der Waals surface area (Å²) in [5.74, 6) is 0. The summed E-state index contributed by atoms with van der Waals surface area (Å²) in [5.41, 5.74) is 2.08. The topological polar surface area (TPSA) is 12.9 Å². The summed E-state index contributed by atoms with van der Waals surface area (Å²) in [6.45, 7) is 3.97. The van der Waals surface area contributed by atoms with E-state index in [2.05, 4.69) is 17.1 Å². The van der Waals surface area contributed by atoms with Crippen LogP contribution in [-0.2, 0) is 5.31 Å². The highest BCUT2D eigenvalue weighted by atomic mass is 14.7. The second kappa shape index (κ2) is 3.12. The highest BCUT2D eigenvalue weighted by Crippen LogP contribution is 2.21. The number of hydrogen-bond acceptors (Lipinski definition) is 1. The summed E-state index contributed by atoms with van der Waals surface area (Å²) in [6.07, 6.45) is 1.85. The second-order valence-corrected chi connectivity index (χ2v) is 4.14. The number of nitrogens with zero attached hydrogens (tertiary/aromatic N) is 1. The van der Waals surface area contributed by atoms with Gasteiger partial charge in [-0.05, 0) is 23.0 Å². The Hall–Kier alpha value is -1.31. The van der Waals surface area contributed by atoms with Crippen molar-refractivity contribution < 1.29 is 0 Å². The van der Waals surface area contributed by atoms with Crippen molar-refractivity contribution in [1.82, 2.24) is 4.98 Å². The predicted molar refractivity (Wildman–Crippen MR) is 60.5 cm³/mol. The lowest BCUT2D eigenvalue weighted by molar-refractivity contribution is 0.761. The normalized spacial score (nSPS) is 11.9. The first-order valence-corrected chi connectivity index (χ1v) is 4.71. The Kier molecular flexibility index (Phi) is 2.07. The highest BCUT2D eigenvalue weighted by molar-refractivity contribution is 6.15. The summed E-state index contributed by atoms with van der Waals surface area (Å²) in [5, 5.41) is 0.820. The molecule has 0 bridgehead atoms.